The van der Waals surface area contributed by atoms with Crippen molar-refractivity contribution in [3.8, 4) is 6.07 Å². The van der Waals surface area contributed by atoms with Gasteiger partial charge in [0, 0.05) is 17.9 Å². The monoisotopic (exact) mass is 523 g/mol. The van der Waals surface area contributed by atoms with E-state index in [0.29, 0.717) is 46.7 Å². The topological polar surface area (TPSA) is 124 Å². The molecule has 0 aliphatic carbocycles. The fourth-order valence-corrected chi connectivity index (χ4v) is 4.39. The molecule has 0 aromatic heterocycles. The van der Waals surface area contributed by atoms with Crippen LogP contribution in [0.25, 0.3) is 5.70 Å². The van der Waals surface area contributed by atoms with E-state index in [1.807, 2.05) is 43.3 Å². The number of nitrogens with zero attached hydrogens (tertiary/aromatic N) is 2. The highest BCUT2D eigenvalue weighted by atomic mass is 16.5. The molecule has 39 heavy (non-hydrogen) atoms. The van der Waals surface area contributed by atoms with Crippen LogP contribution in [0.1, 0.15) is 43.0 Å². The SMILES string of the molecule is CCCN1C(=O)NC(c2cccc(NC(=O)Nc3ccc(C#N)cc3)c2)C(C(=O)OCC)=C1c1ccccc1. The summed E-state index contributed by atoms with van der Waals surface area (Å²) in [5.41, 5.74) is 3.63. The zero-order valence-electron chi connectivity index (χ0n) is 21.7. The van der Waals surface area contributed by atoms with Crippen molar-refractivity contribution < 1.29 is 19.1 Å². The van der Waals surface area contributed by atoms with Gasteiger partial charge in [-0.3, -0.25) is 4.90 Å². The van der Waals surface area contributed by atoms with Crippen molar-refractivity contribution in [1.29, 1.82) is 5.26 Å². The van der Waals surface area contributed by atoms with Crippen molar-refractivity contribution in [3.05, 3.63) is 101 Å². The Balaban J connectivity index is 1.70. The molecule has 3 aromatic carbocycles. The minimum Gasteiger partial charge on any atom is -0.463 e. The predicted octanol–water partition coefficient (Wildman–Crippen LogP) is 5.65. The first kappa shape index (κ1) is 26.9. The van der Waals surface area contributed by atoms with Crippen LogP contribution >= 0.6 is 0 Å². The summed E-state index contributed by atoms with van der Waals surface area (Å²) >= 11 is 0. The molecule has 3 aromatic rings. The van der Waals surface area contributed by atoms with Gasteiger partial charge in [0.05, 0.1) is 35.6 Å². The molecule has 198 valence electrons. The summed E-state index contributed by atoms with van der Waals surface area (Å²) in [6, 6.07) is 23.1. The maximum Gasteiger partial charge on any atom is 0.338 e. The van der Waals surface area contributed by atoms with E-state index >= 15 is 0 Å². The van der Waals surface area contributed by atoms with Crippen LogP contribution in [0.5, 0.6) is 0 Å². The summed E-state index contributed by atoms with van der Waals surface area (Å²) in [4.78, 5) is 40.9. The van der Waals surface area contributed by atoms with Crippen molar-refractivity contribution in [2.45, 2.75) is 26.3 Å². The Morgan fingerprint density at radius 3 is 2.36 bits per heavy atom. The molecule has 0 spiro atoms. The highest BCUT2D eigenvalue weighted by Gasteiger charge is 2.38. The van der Waals surface area contributed by atoms with E-state index in [0.717, 1.165) is 5.56 Å². The minimum atomic E-state index is -0.803. The number of urea groups is 2. The van der Waals surface area contributed by atoms with Gasteiger partial charge in [0.25, 0.3) is 0 Å². The van der Waals surface area contributed by atoms with E-state index < -0.39 is 18.0 Å². The number of ether oxygens (including phenoxy) is 1. The lowest BCUT2D eigenvalue weighted by atomic mass is 9.91. The summed E-state index contributed by atoms with van der Waals surface area (Å²) in [6.07, 6.45) is 0.693. The molecule has 1 aliphatic rings. The van der Waals surface area contributed by atoms with Crippen molar-refractivity contribution in [1.82, 2.24) is 10.2 Å². The lowest BCUT2D eigenvalue weighted by Gasteiger charge is -2.37. The number of anilines is 2. The number of nitrogens with one attached hydrogen (secondary N) is 3. The van der Waals surface area contributed by atoms with Gasteiger partial charge in [0.2, 0.25) is 0 Å². The zero-order chi connectivity index (χ0) is 27.8. The number of carbonyl (C=O) groups is 3. The van der Waals surface area contributed by atoms with Gasteiger partial charge in [-0.2, -0.15) is 5.26 Å². The van der Waals surface area contributed by atoms with Crippen LogP contribution in [-0.4, -0.2) is 36.1 Å². The molecule has 0 saturated heterocycles. The van der Waals surface area contributed by atoms with Gasteiger partial charge in [-0.25, -0.2) is 14.4 Å². The second-order valence-corrected chi connectivity index (χ2v) is 8.78. The highest BCUT2D eigenvalue weighted by molar-refractivity contribution is 6.05. The van der Waals surface area contributed by atoms with Crippen LogP contribution in [0.15, 0.2) is 84.4 Å². The van der Waals surface area contributed by atoms with E-state index in [9.17, 15) is 14.4 Å². The molecule has 0 radical (unpaired) electrons. The predicted molar refractivity (Wildman–Crippen MR) is 149 cm³/mol. The Kier molecular flexibility index (Phi) is 8.59. The number of esters is 1. The second-order valence-electron chi connectivity index (χ2n) is 8.78. The van der Waals surface area contributed by atoms with Gasteiger partial charge in [0.1, 0.15) is 0 Å². The molecule has 1 unspecified atom stereocenters. The first-order chi connectivity index (χ1) is 18.9. The van der Waals surface area contributed by atoms with E-state index in [1.165, 1.54) is 0 Å². The summed E-state index contributed by atoms with van der Waals surface area (Å²) in [5, 5.41) is 17.4. The number of benzene rings is 3. The summed E-state index contributed by atoms with van der Waals surface area (Å²) in [5.74, 6) is -0.528. The number of hydrogen-bond donors (Lipinski definition) is 3. The maximum atomic E-state index is 13.4. The second kappa shape index (κ2) is 12.4. The number of nitriles is 1. The molecular weight excluding hydrogens is 494 g/mol. The van der Waals surface area contributed by atoms with Gasteiger partial charge in [-0.15, -0.1) is 0 Å². The van der Waals surface area contributed by atoms with Crippen LogP contribution in [0, 0.1) is 11.3 Å². The summed E-state index contributed by atoms with van der Waals surface area (Å²) in [6.45, 7) is 4.29. The molecule has 0 saturated carbocycles. The third-order valence-electron chi connectivity index (χ3n) is 6.07. The summed E-state index contributed by atoms with van der Waals surface area (Å²) < 4.78 is 5.45. The molecule has 1 heterocycles. The van der Waals surface area contributed by atoms with Crippen molar-refractivity contribution in [3.63, 3.8) is 0 Å². The molecule has 4 rings (SSSR count). The average Bonchev–Trinajstić information content (AvgIpc) is 2.95. The van der Waals surface area contributed by atoms with Crippen molar-refractivity contribution in [2.24, 2.45) is 0 Å². The largest absolute Gasteiger partial charge is 0.463 e. The quantitative estimate of drug-likeness (QED) is 0.329. The Bertz CT molecular complexity index is 1430. The zero-order valence-corrected chi connectivity index (χ0v) is 21.7. The number of amides is 4. The summed E-state index contributed by atoms with van der Waals surface area (Å²) in [7, 11) is 0. The van der Waals surface area contributed by atoms with E-state index in [2.05, 4.69) is 16.0 Å². The molecule has 1 atom stereocenters. The highest BCUT2D eigenvalue weighted by Crippen LogP contribution is 2.37. The molecule has 9 heteroatoms. The molecule has 0 bridgehead atoms. The van der Waals surface area contributed by atoms with Crippen molar-refractivity contribution in [2.75, 3.05) is 23.8 Å². The number of carbonyl (C=O) groups excluding carboxylic acids is 3. The first-order valence-electron chi connectivity index (χ1n) is 12.7. The third kappa shape index (κ3) is 6.25. The van der Waals surface area contributed by atoms with Crippen LogP contribution < -0.4 is 16.0 Å². The average molecular weight is 524 g/mol. The molecule has 9 nitrogen and oxygen atoms in total. The fraction of sp³-hybridized carbons (Fsp3) is 0.200. The molecule has 3 N–H and O–H groups in total. The molecule has 1 aliphatic heterocycles. The lowest BCUT2D eigenvalue weighted by molar-refractivity contribution is -0.138. The maximum absolute atomic E-state index is 13.4. The van der Waals surface area contributed by atoms with Crippen LogP contribution in [-0.2, 0) is 9.53 Å². The molecular formula is C30H29N5O4. The normalized spacial score (nSPS) is 14.7. The van der Waals surface area contributed by atoms with Crippen LogP contribution in [0.4, 0.5) is 21.0 Å². The van der Waals surface area contributed by atoms with Gasteiger partial charge < -0.3 is 20.7 Å². The van der Waals surface area contributed by atoms with E-state index in [4.69, 9.17) is 10.00 Å². The van der Waals surface area contributed by atoms with E-state index in [-0.39, 0.29) is 12.6 Å². The van der Waals surface area contributed by atoms with Crippen LogP contribution in [0.3, 0.4) is 0 Å². The standard InChI is InChI=1S/C30H29N5O4/c1-3-17-35-27(21-9-6-5-7-10-21)25(28(36)39-4-2)26(34-30(35)38)22-11-8-12-24(18-22)33-29(37)32-23-15-13-20(19-31)14-16-23/h5-16,18,26H,3-4,17H2,1-2H3,(H,34,38)(H2,32,33,37). The number of hydrogen-bond acceptors (Lipinski definition) is 5. The van der Waals surface area contributed by atoms with Crippen molar-refractivity contribution >= 4 is 35.1 Å². The van der Waals surface area contributed by atoms with Gasteiger partial charge >= 0.3 is 18.0 Å². The first-order valence-corrected chi connectivity index (χ1v) is 12.7. The third-order valence-corrected chi connectivity index (χ3v) is 6.07. The van der Waals surface area contributed by atoms with Crippen LogP contribution in [0.2, 0.25) is 0 Å². The van der Waals surface area contributed by atoms with E-state index in [1.54, 1.807) is 60.4 Å². The van der Waals surface area contributed by atoms with Gasteiger partial charge in [-0.1, -0.05) is 49.4 Å². The Morgan fingerprint density at radius 1 is 0.974 bits per heavy atom. The van der Waals surface area contributed by atoms with Gasteiger partial charge in [0.15, 0.2) is 0 Å². The fourth-order valence-electron chi connectivity index (χ4n) is 4.39. The lowest BCUT2D eigenvalue weighted by Crippen LogP contribution is -2.48. The van der Waals surface area contributed by atoms with Gasteiger partial charge in [-0.05, 0) is 60.9 Å². The Labute approximate surface area is 227 Å². The molecule has 0 fully saturated rings. The Hall–Kier alpha value is -5.10. The smallest absolute Gasteiger partial charge is 0.338 e. The number of rotatable bonds is 8. The Morgan fingerprint density at radius 2 is 1.69 bits per heavy atom. The molecule has 4 amide bonds. The minimum absolute atomic E-state index is 0.177.